The Labute approximate surface area is 130 Å². The van der Waals surface area contributed by atoms with Crippen molar-refractivity contribution in [2.45, 2.75) is 46.2 Å². The Morgan fingerprint density at radius 3 is 2.91 bits per heavy atom. The quantitative estimate of drug-likeness (QED) is 0.732. The van der Waals surface area contributed by atoms with Crippen LogP contribution in [0.25, 0.3) is 0 Å². The second-order valence-corrected chi connectivity index (χ2v) is 5.28. The first-order chi connectivity index (χ1) is 10.6. The zero-order chi connectivity index (χ0) is 15.9. The van der Waals surface area contributed by atoms with Crippen molar-refractivity contribution in [3.8, 4) is 0 Å². The lowest BCUT2D eigenvalue weighted by Gasteiger charge is -2.05. The van der Waals surface area contributed by atoms with Gasteiger partial charge in [-0.25, -0.2) is 9.78 Å². The molecule has 0 saturated heterocycles. The van der Waals surface area contributed by atoms with Crippen LogP contribution in [0, 0.1) is 6.92 Å². The molecule has 0 fully saturated rings. The number of pyridine rings is 1. The minimum Gasteiger partial charge on any atom is -0.477 e. The summed E-state index contributed by atoms with van der Waals surface area (Å²) >= 11 is 0. The molecule has 0 aliphatic rings. The molecule has 0 spiro atoms. The summed E-state index contributed by atoms with van der Waals surface area (Å²) < 4.78 is 1.98. The molecule has 0 aromatic carbocycles. The van der Waals surface area contributed by atoms with Crippen molar-refractivity contribution in [3.05, 3.63) is 41.3 Å². The summed E-state index contributed by atoms with van der Waals surface area (Å²) in [5.74, 6) is -0.471. The average molecular weight is 302 g/mol. The smallest absolute Gasteiger partial charge is 0.354 e. The van der Waals surface area contributed by atoms with E-state index in [4.69, 9.17) is 5.11 Å². The molecule has 0 bridgehead atoms. The summed E-state index contributed by atoms with van der Waals surface area (Å²) in [6, 6.07) is 4.91. The zero-order valence-corrected chi connectivity index (χ0v) is 13.0. The summed E-state index contributed by atoms with van der Waals surface area (Å²) in [6.07, 6.45) is 5.57. The van der Waals surface area contributed by atoms with Gasteiger partial charge in [0.25, 0.3) is 0 Å². The van der Waals surface area contributed by atoms with E-state index < -0.39 is 5.97 Å². The molecular formula is C16H22N4O2. The lowest BCUT2D eigenvalue weighted by Crippen LogP contribution is -2.06. The van der Waals surface area contributed by atoms with Crippen LogP contribution < -0.4 is 5.32 Å². The fourth-order valence-electron chi connectivity index (χ4n) is 2.21. The molecule has 0 saturated carbocycles. The van der Waals surface area contributed by atoms with Gasteiger partial charge >= 0.3 is 5.97 Å². The number of hydrogen-bond acceptors (Lipinski definition) is 4. The predicted octanol–water partition coefficient (Wildman–Crippen LogP) is 3.09. The topological polar surface area (TPSA) is 80.0 Å². The van der Waals surface area contributed by atoms with Crippen LogP contribution in [0.3, 0.4) is 0 Å². The highest BCUT2D eigenvalue weighted by Crippen LogP contribution is 2.11. The van der Waals surface area contributed by atoms with Crippen molar-refractivity contribution >= 4 is 11.8 Å². The third kappa shape index (κ3) is 4.31. The summed E-state index contributed by atoms with van der Waals surface area (Å²) in [7, 11) is 0. The number of hydrogen-bond donors (Lipinski definition) is 2. The predicted molar refractivity (Wildman–Crippen MR) is 85.0 cm³/mol. The van der Waals surface area contributed by atoms with Crippen molar-refractivity contribution < 1.29 is 9.90 Å². The number of aromatic nitrogens is 3. The van der Waals surface area contributed by atoms with Crippen LogP contribution in [0.2, 0.25) is 0 Å². The molecule has 2 heterocycles. The molecule has 118 valence electrons. The molecule has 6 heteroatoms. The van der Waals surface area contributed by atoms with Crippen molar-refractivity contribution in [3.63, 3.8) is 0 Å². The van der Waals surface area contributed by atoms with Crippen LogP contribution >= 0.6 is 0 Å². The number of aromatic carboxylic acids is 1. The second kappa shape index (κ2) is 7.59. The van der Waals surface area contributed by atoms with Crippen molar-refractivity contribution in [1.29, 1.82) is 0 Å². The number of carbonyl (C=O) groups is 1. The number of aryl methyl sites for hydroxylation is 2. The van der Waals surface area contributed by atoms with Gasteiger partial charge in [0, 0.05) is 24.8 Å². The fraction of sp³-hybridized carbons (Fsp3) is 0.438. The molecule has 2 rings (SSSR count). The van der Waals surface area contributed by atoms with Crippen LogP contribution in [-0.2, 0) is 13.1 Å². The van der Waals surface area contributed by atoms with Gasteiger partial charge in [0.05, 0.1) is 5.69 Å². The molecule has 0 aliphatic heterocycles. The summed E-state index contributed by atoms with van der Waals surface area (Å²) in [4.78, 5) is 15.0. The SMILES string of the molecule is CCCCCn1cc(CNc2cccc(C(=O)O)n2)c(C)n1. The Hall–Kier alpha value is -2.37. The largest absolute Gasteiger partial charge is 0.477 e. The van der Waals surface area contributed by atoms with Gasteiger partial charge in [-0.05, 0) is 25.5 Å². The number of rotatable bonds is 8. The van der Waals surface area contributed by atoms with Gasteiger partial charge in [-0.3, -0.25) is 4.68 Å². The van der Waals surface area contributed by atoms with E-state index in [0.29, 0.717) is 12.4 Å². The first-order valence-electron chi connectivity index (χ1n) is 7.57. The first kappa shape index (κ1) is 16.0. The number of nitrogens with one attached hydrogen (secondary N) is 1. The second-order valence-electron chi connectivity index (χ2n) is 5.28. The molecule has 0 amide bonds. The molecule has 2 aromatic rings. The van der Waals surface area contributed by atoms with Crippen LogP contribution in [-0.4, -0.2) is 25.8 Å². The van der Waals surface area contributed by atoms with E-state index in [-0.39, 0.29) is 5.69 Å². The highest BCUT2D eigenvalue weighted by molar-refractivity contribution is 5.85. The van der Waals surface area contributed by atoms with E-state index in [1.54, 1.807) is 12.1 Å². The summed E-state index contributed by atoms with van der Waals surface area (Å²) in [6.45, 7) is 5.67. The molecule has 6 nitrogen and oxygen atoms in total. The third-order valence-electron chi connectivity index (χ3n) is 3.47. The number of unbranched alkanes of at least 4 members (excludes halogenated alkanes) is 2. The third-order valence-corrected chi connectivity index (χ3v) is 3.47. The maximum absolute atomic E-state index is 10.9. The molecule has 22 heavy (non-hydrogen) atoms. The van der Waals surface area contributed by atoms with Crippen molar-refractivity contribution in [2.75, 3.05) is 5.32 Å². The molecule has 2 aromatic heterocycles. The van der Waals surface area contributed by atoms with E-state index in [9.17, 15) is 4.79 Å². The van der Waals surface area contributed by atoms with Crippen LogP contribution in [0.5, 0.6) is 0 Å². The first-order valence-corrected chi connectivity index (χ1v) is 7.57. The maximum Gasteiger partial charge on any atom is 0.354 e. The lowest BCUT2D eigenvalue weighted by atomic mass is 10.2. The van der Waals surface area contributed by atoms with Gasteiger partial charge in [-0.2, -0.15) is 5.10 Å². The molecule has 0 atom stereocenters. The highest BCUT2D eigenvalue weighted by atomic mass is 16.4. The maximum atomic E-state index is 10.9. The minimum absolute atomic E-state index is 0.0389. The van der Waals surface area contributed by atoms with E-state index in [0.717, 1.165) is 24.2 Å². The monoisotopic (exact) mass is 302 g/mol. The number of carboxylic acid groups (broad SMARTS) is 1. The van der Waals surface area contributed by atoms with E-state index in [2.05, 4.69) is 22.3 Å². The van der Waals surface area contributed by atoms with Crippen LogP contribution in [0.1, 0.15) is 47.9 Å². The average Bonchev–Trinajstić information content (AvgIpc) is 2.86. The Morgan fingerprint density at radius 1 is 1.36 bits per heavy atom. The Balaban J connectivity index is 1.96. The zero-order valence-electron chi connectivity index (χ0n) is 13.0. The number of carboxylic acids is 1. The minimum atomic E-state index is -1.02. The Bertz CT molecular complexity index is 637. The van der Waals surface area contributed by atoms with E-state index in [1.807, 2.05) is 17.8 Å². The molecule has 0 aliphatic carbocycles. The number of nitrogens with zero attached hydrogens (tertiary/aromatic N) is 3. The Morgan fingerprint density at radius 2 is 2.18 bits per heavy atom. The van der Waals surface area contributed by atoms with Gasteiger partial charge in [0.1, 0.15) is 5.82 Å². The molecular weight excluding hydrogens is 280 g/mol. The number of anilines is 1. The van der Waals surface area contributed by atoms with E-state index in [1.165, 1.54) is 18.9 Å². The van der Waals surface area contributed by atoms with Crippen LogP contribution in [0.15, 0.2) is 24.4 Å². The molecule has 2 N–H and O–H groups in total. The highest BCUT2D eigenvalue weighted by Gasteiger charge is 2.07. The van der Waals surface area contributed by atoms with Gasteiger partial charge in [-0.15, -0.1) is 0 Å². The van der Waals surface area contributed by atoms with E-state index >= 15 is 0 Å². The molecule has 0 unspecified atom stereocenters. The van der Waals surface area contributed by atoms with Gasteiger partial charge in [0.15, 0.2) is 5.69 Å². The lowest BCUT2D eigenvalue weighted by molar-refractivity contribution is 0.0690. The molecule has 0 radical (unpaired) electrons. The Kier molecular flexibility index (Phi) is 5.52. The summed E-state index contributed by atoms with van der Waals surface area (Å²) in [5.41, 5.74) is 2.12. The van der Waals surface area contributed by atoms with Gasteiger partial charge in [-0.1, -0.05) is 25.8 Å². The van der Waals surface area contributed by atoms with Gasteiger partial charge in [0.2, 0.25) is 0 Å². The van der Waals surface area contributed by atoms with Gasteiger partial charge < -0.3 is 10.4 Å². The van der Waals surface area contributed by atoms with Crippen molar-refractivity contribution in [2.24, 2.45) is 0 Å². The van der Waals surface area contributed by atoms with Crippen LogP contribution in [0.4, 0.5) is 5.82 Å². The standard InChI is InChI=1S/C16H22N4O2/c1-3-4-5-9-20-11-13(12(2)19-20)10-17-15-8-6-7-14(18-15)16(21)22/h6-8,11H,3-5,9-10H2,1-2H3,(H,17,18)(H,21,22). The fourth-order valence-corrected chi connectivity index (χ4v) is 2.21. The summed E-state index contributed by atoms with van der Waals surface area (Å²) in [5, 5.41) is 16.6. The van der Waals surface area contributed by atoms with Crippen molar-refractivity contribution in [1.82, 2.24) is 14.8 Å². The normalized spacial score (nSPS) is 10.6.